The Kier molecular flexibility index (Phi) is 2.50. The second-order valence-electron chi connectivity index (χ2n) is 4.13. The van der Waals surface area contributed by atoms with Gasteiger partial charge in [-0.1, -0.05) is 24.3 Å². The van der Waals surface area contributed by atoms with Gasteiger partial charge in [0.25, 0.3) is 0 Å². The average Bonchev–Trinajstić information content (AvgIpc) is 2.73. The number of nitrogens with one attached hydrogen (secondary N) is 1. The van der Waals surface area contributed by atoms with Gasteiger partial charge in [0.2, 0.25) is 0 Å². The van der Waals surface area contributed by atoms with Gasteiger partial charge in [0.05, 0.1) is 5.69 Å². The van der Waals surface area contributed by atoms with E-state index < -0.39 is 0 Å². The highest BCUT2D eigenvalue weighted by Gasteiger charge is 2.16. The molecule has 1 aliphatic rings. The SMILES string of the molecule is Cc1ccccc1-c1nc2c(s1)CNCC2. The molecule has 0 fully saturated rings. The summed E-state index contributed by atoms with van der Waals surface area (Å²) in [5.74, 6) is 0. The van der Waals surface area contributed by atoms with E-state index in [0.717, 1.165) is 19.5 Å². The molecule has 2 nitrogen and oxygen atoms in total. The molecule has 0 saturated heterocycles. The van der Waals surface area contributed by atoms with Crippen molar-refractivity contribution in [3.63, 3.8) is 0 Å². The third-order valence-corrected chi connectivity index (χ3v) is 4.11. The Hall–Kier alpha value is -1.19. The fraction of sp³-hybridized carbons (Fsp3) is 0.308. The van der Waals surface area contributed by atoms with E-state index in [-0.39, 0.29) is 0 Å². The number of thiazole rings is 1. The summed E-state index contributed by atoms with van der Waals surface area (Å²) in [6.07, 6.45) is 1.07. The summed E-state index contributed by atoms with van der Waals surface area (Å²) in [5.41, 5.74) is 3.88. The first-order chi connectivity index (χ1) is 7.84. The molecule has 1 aliphatic heterocycles. The van der Waals surface area contributed by atoms with E-state index in [9.17, 15) is 0 Å². The molecule has 82 valence electrons. The van der Waals surface area contributed by atoms with Crippen molar-refractivity contribution in [3.8, 4) is 10.6 Å². The molecule has 0 amide bonds. The highest BCUT2D eigenvalue weighted by molar-refractivity contribution is 7.15. The van der Waals surface area contributed by atoms with Crippen LogP contribution in [-0.4, -0.2) is 11.5 Å². The van der Waals surface area contributed by atoms with E-state index in [1.807, 2.05) is 11.3 Å². The van der Waals surface area contributed by atoms with Crippen molar-refractivity contribution < 1.29 is 0 Å². The summed E-state index contributed by atoms with van der Waals surface area (Å²) >= 11 is 1.83. The lowest BCUT2D eigenvalue weighted by Crippen LogP contribution is -2.22. The van der Waals surface area contributed by atoms with E-state index >= 15 is 0 Å². The van der Waals surface area contributed by atoms with E-state index in [0.29, 0.717) is 0 Å². The maximum Gasteiger partial charge on any atom is 0.124 e. The van der Waals surface area contributed by atoms with Crippen molar-refractivity contribution in [2.24, 2.45) is 0 Å². The molecule has 0 saturated carbocycles. The Balaban J connectivity index is 2.07. The van der Waals surface area contributed by atoms with Gasteiger partial charge in [0.1, 0.15) is 5.01 Å². The number of aromatic nitrogens is 1. The van der Waals surface area contributed by atoms with Crippen LogP contribution in [0.15, 0.2) is 24.3 Å². The number of fused-ring (bicyclic) bond motifs is 1. The van der Waals surface area contributed by atoms with Crippen LogP contribution in [-0.2, 0) is 13.0 Å². The molecule has 3 rings (SSSR count). The molecule has 0 bridgehead atoms. The molecule has 0 spiro atoms. The third-order valence-electron chi connectivity index (χ3n) is 2.98. The monoisotopic (exact) mass is 230 g/mol. The van der Waals surface area contributed by atoms with Crippen molar-refractivity contribution in [2.45, 2.75) is 19.9 Å². The number of rotatable bonds is 1. The van der Waals surface area contributed by atoms with Gasteiger partial charge in [-0.15, -0.1) is 11.3 Å². The van der Waals surface area contributed by atoms with Crippen LogP contribution < -0.4 is 5.32 Å². The molecule has 2 aromatic rings. The predicted octanol–water partition coefficient (Wildman–Crippen LogP) is 2.76. The number of aryl methyl sites for hydroxylation is 1. The highest BCUT2D eigenvalue weighted by Crippen LogP contribution is 2.31. The molecule has 0 aliphatic carbocycles. The number of hydrogen-bond donors (Lipinski definition) is 1. The van der Waals surface area contributed by atoms with E-state index in [4.69, 9.17) is 4.98 Å². The largest absolute Gasteiger partial charge is 0.311 e. The molecule has 1 N–H and O–H groups in total. The summed E-state index contributed by atoms with van der Waals surface area (Å²) in [6, 6.07) is 8.47. The maximum absolute atomic E-state index is 4.76. The standard InChI is InChI=1S/C13H14N2S/c1-9-4-2-3-5-10(9)13-15-11-6-7-14-8-12(11)16-13/h2-5,14H,6-8H2,1H3. The first-order valence-corrected chi connectivity index (χ1v) is 6.41. The minimum Gasteiger partial charge on any atom is -0.311 e. The zero-order valence-electron chi connectivity index (χ0n) is 9.29. The van der Waals surface area contributed by atoms with Crippen LogP contribution >= 0.6 is 11.3 Å². The van der Waals surface area contributed by atoms with Crippen molar-refractivity contribution >= 4 is 11.3 Å². The second-order valence-corrected chi connectivity index (χ2v) is 5.21. The van der Waals surface area contributed by atoms with Gasteiger partial charge in [-0.2, -0.15) is 0 Å². The molecule has 3 heteroatoms. The van der Waals surface area contributed by atoms with Crippen molar-refractivity contribution in [1.29, 1.82) is 0 Å². The molecule has 0 unspecified atom stereocenters. The second kappa shape index (κ2) is 4.00. The topological polar surface area (TPSA) is 24.9 Å². The molecular weight excluding hydrogens is 216 g/mol. The van der Waals surface area contributed by atoms with Crippen LogP contribution in [0.3, 0.4) is 0 Å². The van der Waals surface area contributed by atoms with Crippen molar-refractivity contribution in [1.82, 2.24) is 10.3 Å². The Bertz CT molecular complexity index is 493. The number of hydrogen-bond acceptors (Lipinski definition) is 3. The van der Waals surface area contributed by atoms with E-state index in [2.05, 4.69) is 36.5 Å². The van der Waals surface area contributed by atoms with E-state index in [1.54, 1.807) is 0 Å². The smallest absolute Gasteiger partial charge is 0.124 e. The Morgan fingerprint density at radius 2 is 2.19 bits per heavy atom. The summed E-state index contributed by atoms with van der Waals surface area (Å²) in [4.78, 5) is 6.17. The quantitative estimate of drug-likeness (QED) is 0.815. The molecular formula is C13H14N2S. The zero-order valence-corrected chi connectivity index (χ0v) is 10.1. The van der Waals surface area contributed by atoms with Crippen LogP contribution in [0.1, 0.15) is 16.1 Å². The summed E-state index contributed by atoms with van der Waals surface area (Å²) in [6.45, 7) is 4.19. The van der Waals surface area contributed by atoms with Crippen molar-refractivity contribution in [2.75, 3.05) is 6.54 Å². The first-order valence-electron chi connectivity index (χ1n) is 5.60. The number of benzene rings is 1. The molecule has 0 atom stereocenters. The van der Waals surface area contributed by atoms with Crippen LogP contribution in [0.2, 0.25) is 0 Å². The predicted molar refractivity (Wildman–Crippen MR) is 67.7 cm³/mol. The minimum absolute atomic E-state index is 0.985. The molecule has 2 heterocycles. The van der Waals surface area contributed by atoms with Gasteiger partial charge in [0.15, 0.2) is 0 Å². The summed E-state index contributed by atoms with van der Waals surface area (Å²) < 4.78 is 0. The van der Waals surface area contributed by atoms with Crippen LogP contribution in [0.5, 0.6) is 0 Å². The summed E-state index contributed by atoms with van der Waals surface area (Å²) in [5, 5.41) is 4.56. The van der Waals surface area contributed by atoms with Crippen molar-refractivity contribution in [3.05, 3.63) is 40.4 Å². The molecule has 1 aromatic heterocycles. The fourth-order valence-corrected chi connectivity index (χ4v) is 3.22. The van der Waals surface area contributed by atoms with E-state index in [1.165, 1.54) is 26.7 Å². The van der Waals surface area contributed by atoms with Gasteiger partial charge < -0.3 is 5.32 Å². The van der Waals surface area contributed by atoms with Gasteiger partial charge in [-0.3, -0.25) is 0 Å². The average molecular weight is 230 g/mol. The van der Waals surface area contributed by atoms with Gasteiger partial charge in [-0.05, 0) is 12.5 Å². The lowest BCUT2D eigenvalue weighted by Gasteiger charge is -2.09. The molecule has 0 radical (unpaired) electrons. The Morgan fingerprint density at radius 1 is 1.31 bits per heavy atom. The lowest BCUT2D eigenvalue weighted by atomic mass is 10.1. The Morgan fingerprint density at radius 3 is 3.00 bits per heavy atom. The lowest BCUT2D eigenvalue weighted by molar-refractivity contribution is 0.644. The molecule has 1 aromatic carbocycles. The first kappa shape index (κ1) is 10.00. The fourth-order valence-electron chi connectivity index (χ4n) is 2.05. The van der Waals surface area contributed by atoms with Gasteiger partial charge >= 0.3 is 0 Å². The molecule has 16 heavy (non-hydrogen) atoms. The zero-order chi connectivity index (χ0) is 11.0. The Labute approximate surface area is 99.4 Å². The third kappa shape index (κ3) is 1.66. The van der Waals surface area contributed by atoms with Gasteiger partial charge in [-0.25, -0.2) is 4.98 Å². The highest BCUT2D eigenvalue weighted by atomic mass is 32.1. The van der Waals surface area contributed by atoms with Gasteiger partial charge in [0, 0.05) is 30.0 Å². The minimum atomic E-state index is 0.985. The van der Waals surface area contributed by atoms with Crippen LogP contribution in [0, 0.1) is 6.92 Å². The van der Waals surface area contributed by atoms with Crippen LogP contribution in [0.4, 0.5) is 0 Å². The summed E-state index contributed by atoms with van der Waals surface area (Å²) in [7, 11) is 0. The normalized spacial score (nSPS) is 14.8. The van der Waals surface area contributed by atoms with Crippen LogP contribution in [0.25, 0.3) is 10.6 Å². The maximum atomic E-state index is 4.76. The number of nitrogens with zero attached hydrogens (tertiary/aromatic N) is 1.